The molecule has 132 valence electrons. The molecule has 3 aromatic rings. The average Bonchev–Trinajstić information content (AvgIpc) is 3.19. The minimum atomic E-state index is -3.72. The molecular formula is C16H16BrN3O3S2. The van der Waals surface area contributed by atoms with E-state index in [0.29, 0.717) is 45.3 Å². The molecule has 6 nitrogen and oxygen atoms in total. The Bertz CT molecular complexity index is 1010. The molecule has 0 spiro atoms. The van der Waals surface area contributed by atoms with E-state index in [9.17, 15) is 8.42 Å². The summed E-state index contributed by atoms with van der Waals surface area (Å²) in [5.41, 5.74) is 1.29. The molecule has 3 heterocycles. The van der Waals surface area contributed by atoms with Gasteiger partial charge in [-0.1, -0.05) is 12.1 Å². The summed E-state index contributed by atoms with van der Waals surface area (Å²) in [4.78, 5) is 6.77. The van der Waals surface area contributed by atoms with Crippen molar-refractivity contribution in [1.82, 2.24) is 13.9 Å². The largest absolute Gasteiger partial charge is 0.379 e. The molecule has 4 rings (SSSR count). The molecular weight excluding hydrogens is 426 g/mol. The molecule has 0 aliphatic carbocycles. The lowest BCUT2D eigenvalue weighted by molar-refractivity contribution is 0.0330. The number of hydrogen-bond acceptors (Lipinski definition) is 6. The number of ether oxygens (including phenoxy) is 1. The van der Waals surface area contributed by atoms with Gasteiger partial charge in [0.2, 0.25) is 0 Å². The fourth-order valence-corrected chi connectivity index (χ4v) is 6.78. The van der Waals surface area contributed by atoms with Gasteiger partial charge in [0, 0.05) is 17.6 Å². The van der Waals surface area contributed by atoms with Gasteiger partial charge in [-0.15, -0.1) is 11.3 Å². The van der Waals surface area contributed by atoms with Crippen molar-refractivity contribution >= 4 is 48.3 Å². The maximum absolute atomic E-state index is 13.3. The number of aromatic nitrogens is 2. The first-order valence-corrected chi connectivity index (χ1v) is 10.9. The van der Waals surface area contributed by atoms with Gasteiger partial charge in [-0.05, 0) is 39.5 Å². The molecule has 0 amide bonds. The molecule has 1 aliphatic heterocycles. The van der Waals surface area contributed by atoms with Crippen LogP contribution >= 0.6 is 27.3 Å². The highest BCUT2D eigenvalue weighted by Crippen LogP contribution is 2.32. The Hall–Kier alpha value is -1.26. The molecule has 1 aliphatic rings. The van der Waals surface area contributed by atoms with Crippen LogP contribution in [-0.4, -0.2) is 48.6 Å². The molecule has 0 N–H and O–H groups in total. The van der Waals surface area contributed by atoms with Gasteiger partial charge >= 0.3 is 0 Å². The zero-order valence-electron chi connectivity index (χ0n) is 13.3. The highest BCUT2D eigenvalue weighted by molar-refractivity contribution is 9.10. The maximum Gasteiger partial charge on any atom is 0.280 e. The number of nitrogens with zero attached hydrogens (tertiary/aromatic N) is 3. The Kier molecular flexibility index (Phi) is 4.67. The molecule has 1 fully saturated rings. The average molecular weight is 442 g/mol. The molecule has 1 saturated heterocycles. The summed E-state index contributed by atoms with van der Waals surface area (Å²) in [6.45, 7) is 3.32. The number of imidazole rings is 1. The third kappa shape index (κ3) is 3.15. The highest BCUT2D eigenvalue weighted by Gasteiger charge is 2.28. The van der Waals surface area contributed by atoms with Gasteiger partial charge in [0.25, 0.3) is 10.0 Å². The SMILES string of the molecule is O=S(=O)(c1sccc1Br)n1c(CN2CCOCC2)nc2ccccc21. The summed E-state index contributed by atoms with van der Waals surface area (Å²) in [7, 11) is -3.72. The zero-order valence-corrected chi connectivity index (χ0v) is 16.5. The van der Waals surface area contributed by atoms with Crippen LogP contribution in [0, 0.1) is 0 Å². The van der Waals surface area contributed by atoms with Crippen LogP contribution in [0.5, 0.6) is 0 Å². The Balaban J connectivity index is 1.86. The second-order valence-electron chi connectivity index (χ2n) is 5.73. The van der Waals surface area contributed by atoms with E-state index in [1.807, 2.05) is 18.2 Å². The van der Waals surface area contributed by atoms with E-state index in [4.69, 9.17) is 4.74 Å². The monoisotopic (exact) mass is 441 g/mol. The lowest BCUT2D eigenvalue weighted by Crippen LogP contribution is -2.36. The topological polar surface area (TPSA) is 64.4 Å². The van der Waals surface area contributed by atoms with Crippen LogP contribution in [-0.2, 0) is 21.3 Å². The molecule has 0 radical (unpaired) electrons. The lowest BCUT2D eigenvalue weighted by Gasteiger charge is -2.26. The van der Waals surface area contributed by atoms with Crippen LogP contribution in [0.1, 0.15) is 5.82 Å². The zero-order chi connectivity index (χ0) is 17.4. The predicted molar refractivity (Wildman–Crippen MR) is 100 cm³/mol. The van der Waals surface area contributed by atoms with Gasteiger partial charge in [-0.2, -0.15) is 8.42 Å². The second kappa shape index (κ2) is 6.81. The first-order valence-electron chi connectivity index (χ1n) is 7.82. The normalized spacial score (nSPS) is 16.5. The molecule has 0 unspecified atom stereocenters. The molecule has 2 aromatic heterocycles. The summed E-state index contributed by atoms with van der Waals surface area (Å²) >= 11 is 4.55. The van der Waals surface area contributed by atoms with Gasteiger partial charge in [0.15, 0.2) is 4.21 Å². The minimum absolute atomic E-state index is 0.291. The Morgan fingerprint density at radius 1 is 1.20 bits per heavy atom. The van der Waals surface area contributed by atoms with E-state index < -0.39 is 10.0 Å². The minimum Gasteiger partial charge on any atom is -0.379 e. The number of thiophene rings is 1. The van der Waals surface area contributed by atoms with Crippen LogP contribution in [0.2, 0.25) is 0 Å². The fourth-order valence-electron chi connectivity index (χ4n) is 2.93. The van der Waals surface area contributed by atoms with E-state index in [1.165, 1.54) is 15.3 Å². The van der Waals surface area contributed by atoms with Crippen molar-refractivity contribution in [1.29, 1.82) is 0 Å². The molecule has 25 heavy (non-hydrogen) atoms. The molecule has 1 aromatic carbocycles. The summed E-state index contributed by atoms with van der Waals surface area (Å²) in [5, 5.41) is 1.76. The van der Waals surface area contributed by atoms with Crippen LogP contribution in [0.15, 0.2) is 44.4 Å². The molecule has 0 atom stereocenters. The summed E-state index contributed by atoms with van der Waals surface area (Å²) < 4.78 is 34.3. The summed E-state index contributed by atoms with van der Waals surface area (Å²) in [6.07, 6.45) is 0. The molecule has 0 bridgehead atoms. The fraction of sp³-hybridized carbons (Fsp3) is 0.312. The first-order chi connectivity index (χ1) is 12.1. The van der Waals surface area contributed by atoms with Crippen LogP contribution < -0.4 is 0 Å². The van der Waals surface area contributed by atoms with Crippen molar-refractivity contribution in [2.75, 3.05) is 26.3 Å². The van der Waals surface area contributed by atoms with E-state index in [2.05, 4.69) is 25.8 Å². The van der Waals surface area contributed by atoms with Gasteiger partial charge in [-0.25, -0.2) is 8.96 Å². The van der Waals surface area contributed by atoms with Crippen LogP contribution in [0.4, 0.5) is 0 Å². The Morgan fingerprint density at radius 3 is 2.68 bits per heavy atom. The van der Waals surface area contributed by atoms with Gasteiger partial charge in [-0.3, -0.25) is 4.90 Å². The number of halogens is 1. The standard InChI is InChI=1S/C16H16BrN3O3S2/c17-12-5-10-24-16(12)25(21,22)20-14-4-2-1-3-13(14)18-15(20)11-19-6-8-23-9-7-19/h1-5,10H,6-9,11H2. The summed E-state index contributed by atoms with van der Waals surface area (Å²) in [5.74, 6) is 0.531. The van der Waals surface area contributed by atoms with Crippen LogP contribution in [0.3, 0.4) is 0 Å². The van der Waals surface area contributed by atoms with E-state index in [1.54, 1.807) is 17.5 Å². The van der Waals surface area contributed by atoms with Gasteiger partial charge in [0.1, 0.15) is 5.82 Å². The smallest absolute Gasteiger partial charge is 0.280 e. The second-order valence-corrected chi connectivity index (χ2v) is 9.48. The lowest BCUT2D eigenvalue weighted by atomic mass is 10.3. The van der Waals surface area contributed by atoms with Gasteiger partial charge in [0.05, 0.1) is 30.8 Å². The van der Waals surface area contributed by atoms with E-state index in [0.717, 1.165) is 13.1 Å². The maximum atomic E-state index is 13.3. The van der Waals surface area contributed by atoms with Crippen molar-refractivity contribution in [2.24, 2.45) is 0 Å². The number of rotatable bonds is 4. The highest BCUT2D eigenvalue weighted by atomic mass is 79.9. The van der Waals surface area contributed by atoms with Crippen molar-refractivity contribution in [2.45, 2.75) is 10.8 Å². The Morgan fingerprint density at radius 2 is 1.96 bits per heavy atom. The third-order valence-electron chi connectivity index (χ3n) is 4.11. The summed E-state index contributed by atoms with van der Waals surface area (Å²) in [6, 6.07) is 9.08. The van der Waals surface area contributed by atoms with E-state index in [-0.39, 0.29) is 0 Å². The van der Waals surface area contributed by atoms with Crippen molar-refractivity contribution < 1.29 is 13.2 Å². The quantitative estimate of drug-likeness (QED) is 0.622. The number of fused-ring (bicyclic) bond motifs is 1. The predicted octanol–water partition coefficient (Wildman–Crippen LogP) is 2.93. The third-order valence-corrected chi connectivity index (χ3v) is 8.50. The molecule has 9 heteroatoms. The van der Waals surface area contributed by atoms with E-state index >= 15 is 0 Å². The van der Waals surface area contributed by atoms with Crippen molar-refractivity contribution in [3.05, 3.63) is 46.0 Å². The number of morpholine rings is 1. The van der Waals surface area contributed by atoms with Crippen molar-refractivity contribution in [3.63, 3.8) is 0 Å². The number of para-hydroxylation sites is 2. The first kappa shape index (κ1) is 17.2. The Labute approximate surface area is 158 Å². The molecule has 0 saturated carbocycles. The van der Waals surface area contributed by atoms with Crippen molar-refractivity contribution in [3.8, 4) is 0 Å². The van der Waals surface area contributed by atoms with Gasteiger partial charge < -0.3 is 4.74 Å². The number of hydrogen-bond donors (Lipinski definition) is 0. The number of benzene rings is 1. The van der Waals surface area contributed by atoms with Crippen LogP contribution in [0.25, 0.3) is 11.0 Å².